The largest absolute Gasteiger partial charge is 1.00 e. The second-order valence-electron chi connectivity index (χ2n) is 19.3. The van der Waals surface area contributed by atoms with Crippen molar-refractivity contribution in [1.82, 2.24) is 0 Å². The monoisotopic (exact) mass is 760 g/mol. The van der Waals surface area contributed by atoms with Crippen LogP contribution in [-0.4, -0.2) is 3.21 Å². The fourth-order valence-corrected chi connectivity index (χ4v) is 18.5. The van der Waals surface area contributed by atoms with Gasteiger partial charge < -0.3 is 24.8 Å². The summed E-state index contributed by atoms with van der Waals surface area (Å²) in [6.45, 7) is 39.0. The van der Waals surface area contributed by atoms with Crippen molar-refractivity contribution in [3.05, 3.63) is 88.0 Å². The second kappa shape index (κ2) is 12.5. The van der Waals surface area contributed by atoms with Crippen LogP contribution in [0, 0.1) is 22.2 Å². The molecule has 1 unspecified atom stereocenters. The summed E-state index contributed by atoms with van der Waals surface area (Å²) < 4.78 is 5.36. The molecule has 2 aromatic rings. The van der Waals surface area contributed by atoms with Gasteiger partial charge in [-0.15, -0.1) is 0 Å². The average molecular weight is 763 g/mol. The predicted octanol–water partition coefficient (Wildman–Crippen LogP) is 6.76. The molecule has 6 rings (SSSR count). The van der Waals surface area contributed by atoms with Crippen molar-refractivity contribution < 1.29 is 46.1 Å². The average Bonchev–Trinajstić information content (AvgIpc) is 3.61. The third-order valence-corrected chi connectivity index (χ3v) is 20.0. The molecule has 4 aliphatic rings. The molecular formula is C45H60Cl2Zr. The first kappa shape index (κ1) is 39.5. The summed E-state index contributed by atoms with van der Waals surface area (Å²) in [4.78, 5) is 0. The standard InChI is InChI=1S/C31H37.C11H17.C3H6.2ClH.Zr/c1-28(2,3)26-16-30(7,8)24-12-18-11-19-13-25-23(15-21(19)20(18)14-22(24)26)27(29(4,5)6)17-31(25,9)10;1-5-9-6-7-10(8-9)11(2,3)4;1-3-2;;;/h12-16H,11H2,1-10H3;7-9H,5H2,1-4H3;1-2H3;2*1H;/q;;;;;+2/p-2. The van der Waals surface area contributed by atoms with Gasteiger partial charge in [0.1, 0.15) is 0 Å². The Hall–Kier alpha value is -1.27. The molecule has 2 aromatic carbocycles. The molecule has 0 saturated heterocycles. The molecule has 4 aliphatic carbocycles. The van der Waals surface area contributed by atoms with Crippen molar-refractivity contribution in [2.24, 2.45) is 22.2 Å². The molecule has 0 spiro atoms. The van der Waals surface area contributed by atoms with Crippen LogP contribution in [0.15, 0.2) is 54.6 Å². The summed E-state index contributed by atoms with van der Waals surface area (Å²) in [6.07, 6.45) is 10.1. The molecule has 1 atom stereocenters. The van der Waals surface area contributed by atoms with Crippen LogP contribution in [0.4, 0.5) is 0 Å². The van der Waals surface area contributed by atoms with E-state index in [1.807, 2.05) is 6.56 Å². The molecule has 0 saturated carbocycles. The van der Waals surface area contributed by atoms with Gasteiger partial charge in [0.05, 0.1) is 0 Å². The van der Waals surface area contributed by atoms with E-state index in [-0.39, 0.29) is 51.9 Å². The fourth-order valence-electron chi connectivity index (χ4n) is 9.08. The molecule has 3 heteroatoms. The molecule has 0 heterocycles. The predicted molar refractivity (Wildman–Crippen MR) is 200 cm³/mol. The summed E-state index contributed by atoms with van der Waals surface area (Å²) in [5, 5.41) is 0. The molecule has 0 bridgehead atoms. The minimum atomic E-state index is -2.42. The maximum atomic E-state index is 2.68. The maximum absolute atomic E-state index is 2.68. The first-order valence-electron chi connectivity index (χ1n) is 17.9. The number of rotatable bonds is 3. The number of allylic oxidation sites excluding steroid dienone is 8. The first-order valence-corrected chi connectivity index (χ1v) is 21.6. The summed E-state index contributed by atoms with van der Waals surface area (Å²) in [7, 11) is 0. The third kappa shape index (κ3) is 6.17. The summed E-state index contributed by atoms with van der Waals surface area (Å²) in [6, 6.07) is 10.5. The van der Waals surface area contributed by atoms with E-state index in [2.05, 4.69) is 153 Å². The topological polar surface area (TPSA) is 0 Å². The van der Waals surface area contributed by atoms with Crippen LogP contribution in [0.1, 0.15) is 151 Å². The minimum absolute atomic E-state index is 0. The van der Waals surface area contributed by atoms with Crippen molar-refractivity contribution in [2.75, 3.05) is 0 Å². The molecule has 0 aromatic heterocycles. The van der Waals surface area contributed by atoms with Crippen molar-refractivity contribution in [3.8, 4) is 11.1 Å². The van der Waals surface area contributed by atoms with Gasteiger partial charge in [-0.25, -0.2) is 0 Å². The Kier molecular flexibility index (Phi) is 10.3. The summed E-state index contributed by atoms with van der Waals surface area (Å²) in [5.74, 6) is 0.583. The number of hydrogen-bond donors (Lipinski definition) is 0. The van der Waals surface area contributed by atoms with E-state index in [4.69, 9.17) is 0 Å². The van der Waals surface area contributed by atoms with Gasteiger partial charge in [0.25, 0.3) is 0 Å². The molecule has 0 amide bonds. The fraction of sp³-hybridized carbons (Fsp3) is 0.533. The molecule has 0 aliphatic heterocycles. The van der Waals surface area contributed by atoms with E-state index in [0.29, 0.717) is 5.92 Å². The van der Waals surface area contributed by atoms with E-state index >= 15 is 0 Å². The molecule has 0 nitrogen and oxygen atoms in total. The normalized spacial score (nSPS) is 20.0. The Labute approximate surface area is 314 Å². The van der Waals surface area contributed by atoms with Gasteiger partial charge in [-0.1, -0.05) is 0 Å². The quantitative estimate of drug-likeness (QED) is 0.277. The third-order valence-electron chi connectivity index (χ3n) is 11.5. The molecule has 48 heavy (non-hydrogen) atoms. The number of halogens is 2. The minimum Gasteiger partial charge on any atom is -1.00 e. The Morgan fingerprint density at radius 3 is 1.75 bits per heavy atom. The molecular weight excluding hydrogens is 703 g/mol. The van der Waals surface area contributed by atoms with Crippen LogP contribution in [0.25, 0.3) is 22.3 Å². The van der Waals surface area contributed by atoms with Gasteiger partial charge in [-0.3, -0.25) is 0 Å². The van der Waals surface area contributed by atoms with E-state index in [0.717, 1.165) is 6.42 Å². The first-order chi connectivity index (χ1) is 21.0. The van der Waals surface area contributed by atoms with E-state index in [1.165, 1.54) is 45.4 Å². The molecule has 0 N–H and O–H groups in total. The SMILES string of the molecule is CCC1C=C(C(C)(C)C)C=[C]1[Zr+2]([C]1=C(C(C)(C)C)c2cc3c(cc2C1(C)C)Cc1cc2c(cc1-3)C(C(C)(C)C)=CC2(C)C)=[C](C)C.[Cl-].[Cl-]. The van der Waals surface area contributed by atoms with Crippen molar-refractivity contribution in [2.45, 2.75) is 134 Å². The van der Waals surface area contributed by atoms with Gasteiger partial charge in [-0.2, -0.15) is 0 Å². The van der Waals surface area contributed by atoms with Crippen LogP contribution in [0.5, 0.6) is 0 Å². The van der Waals surface area contributed by atoms with Crippen molar-refractivity contribution >= 4 is 14.4 Å². The number of benzene rings is 2. The Balaban J connectivity index is 0.00000260. The van der Waals surface area contributed by atoms with E-state index in [1.54, 1.807) is 25.5 Å². The smallest absolute Gasteiger partial charge is 1.00 e. The van der Waals surface area contributed by atoms with Crippen molar-refractivity contribution in [1.29, 1.82) is 0 Å². The Bertz CT molecular complexity index is 1840. The van der Waals surface area contributed by atoms with Crippen LogP contribution in [0.2, 0.25) is 0 Å². The van der Waals surface area contributed by atoms with Crippen LogP contribution in [0.3, 0.4) is 0 Å². The van der Waals surface area contributed by atoms with E-state index in [9.17, 15) is 0 Å². The van der Waals surface area contributed by atoms with Crippen molar-refractivity contribution in [3.63, 3.8) is 0 Å². The Morgan fingerprint density at radius 1 is 0.729 bits per heavy atom. The molecule has 0 radical (unpaired) electrons. The van der Waals surface area contributed by atoms with Gasteiger partial charge >= 0.3 is 291 Å². The van der Waals surface area contributed by atoms with Gasteiger partial charge in [-0.05, 0) is 0 Å². The zero-order chi connectivity index (χ0) is 34.1. The van der Waals surface area contributed by atoms with Crippen LogP contribution >= 0.6 is 0 Å². The van der Waals surface area contributed by atoms with Gasteiger partial charge in [0, 0.05) is 0 Å². The maximum Gasteiger partial charge on any atom is -1.00 e. The summed E-state index contributed by atoms with van der Waals surface area (Å²) in [5.41, 5.74) is 17.3. The van der Waals surface area contributed by atoms with Gasteiger partial charge in [0.15, 0.2) is 0 Å². The van der Waals surface area contributed by atoms with Crippen LogP contribution < -0.4 is 24.8 Å². The zero-order valence-electron chi connectivity index (χ0n) is 32.8. The Morgan fingerprint density at radius 2 is 1.27 bits per heavy atom. The second-order valence-corrected chi connectivity index (χ2v) is 26.3. The molecule has 0 fully saturated rings. The number of hydrogen-bond acceptors (Lipinski definition) is 0. The molecule has 258 valence electrons. The van der Waals surface area contributed by atoms with E-state index < -0.39 is 21.3 Å². The zero-order valence-corrected chi connectivity index (χ0v) is 36.8. The van der Waals surface area contributed by atoms with Gasteiger partial charge in [0.2, 0.25) is 0 Å². The van der Waals surface area contributed by atoms with Crippen LogP contribution in [-0.2, 0) is 38.5 Å². The summed E-state index contributed by atoms with van der Waals surface area (Å²) >= 11 is -2.42. The number of fused-ring (bicyclic) bond motifs is 5.